The Morgan fingerprint density at radius 1 is 1.37 bits per heavy atom. The summed E-state index contributed by atoms with van der Waals surface area (Å²) in [6.45, 7) is 5.23. The molecule has 2 atom stereocenters. The van der Waals surface area contributed by atoms with Crippen LogP contribution in [-0.2, 0) is 6.54 Å². The summed E-state index contributed by atoms with van der Waals surface area (Å²) in [5.41, 5.74) is 2.65. The molecule has 0 saturated heterocycles. The summed E-state index contributed by atoms with van der Waals surface area (Å²) in [6, 6.07) is 9.09. The van der Waals surface area contributed by atoms with Crippen molar-refractivity contribution in [2.75, 3.05) is 7.05 Å². The van der Waals surface area contributed by atoms with Gasteiger partial charge in [-0.05, 0) is 36.8 Å². The van der Waals surface area contributed by atoms with Gasteiger partial charge >= 0.3 is 0 Å². The molecule has 1 aliphatic rings. The third-order valence-electron chi connectivity index (χ3n) is 3.84. The first-order valence-electron chi connectivity index (χ1n) is 7.26. The molecule has 0 bridgehead atoms. The lowest BCUT2D eigenvalue weighted by atomic mass is 10.1. The lowest BCUT2D eigenvalue weighted by Crippen LogP contribution is -2.38. The van der Waals surface area contributed by atoms with Crippen molar-refractivity contribution in [3.63, 3.8) is 0 Å². The molecule has 19 heavy (non-hydrogen) atoms. The standard InChI is InChI=1S/C16H25N3/c1-4-7-13-10-15(13)19-16(17-3)18-11-14-9-6-5-8-12(14)2/h5-6,8-9,13,15H,4,7,10-11H2,1-3H3,(H2,17,18,19). The second-order valence-corrected chi connectivity index (χ2v) is 5.39. The Morgan fingerprint density at radius 2 is 2.16 bits per heavy atom. The molecular weight excluding hydrogens is 234 g/mol. The van der Waals surface area contributed by atoms with Gasteiger partial charge in [0.15, 0.2) is 5.96 Å². The Bertz CT molecular complexity index is 439. The lowest BCUT2D eigenvalue weighted by molar-refractivity contribution is 0.655. The second kappa shape index (κ2) is 6.60. The highest BCUT2D eigenvalue weighted by Crippen LogP contribution is 2.34. The number of rotatable bonds is 5. The predicted octanol–water partition coefficient (Wildman–Crippen LogP) is 2.85. The fourth-order valence-corrected chi connectivity index (χ4v) is 2.47. The Labute approximate surface area is 116 Å². The summed E-state index contributed by atoms with van der Waals surface area (Å²) in [5.74, 6) is 1.77. The molecule has 0 radical (unpaired) electrons. The second-order valence-electron chi connectivity index (χ2n) is 5.39. The molecule has 2 N–H and O–H groups in total. The first-order valence-corrected chi connectivity index (χ1v) is 7.26. The van der Waals surface area contributed by atoms with Crippen LogP contribution >= 0.6 is 0 Å². The first kappa shape index (κ1) is 13.9. The average molecular weight is 259 g/mol. The fourth-order valence-electron chi connectivity index (χ4n) is 2.47. The fraction of sp³-hybridized carbons (Fsp3) is 0.562. The van der Waals surface area contributed by atoms with Gasteiger partial charge in [0.1, 0.15) is 0 Å². The van der Waals surface area contributed by atoms with Gasteiger partial charge in [0.2, 0.25) is 0 Å². The summed E-state index contributed by atoms with van der Waals surface area (Å²) in [6.07, 6.45) is 3.89. The molecule has 104 valence electrons. The molecule has 2 unspecified atom stereocenters. The third kappa shape index (κ3) is 3.98. The number of nitrogens with one attached hydrogen (secondary N) is 2. The van der Waals surface area contributed by atoms with Crippen LogP contribution in [0.4, 0.5) is 0 Å². The van der Waals surface area contributed by atoms with E-state index in [2.05, 4.69) is 53.7 Å². The van der Waals surface area contributed by atoms with Gasteiger partial charge in [-0.3, -0.25) is 4.99 Å². The minimum atomic E-state index is 0.628. The predicted molar refractivity (Wildman–Crippen MR) is 81.3 cm³/mol. The van der Waals surface area contributed by atoms with Crippen LogP contribution in [0.15, 0.2) is 29.3 Å². The van der Waals surface area contributed by atoms with Gasteiger partial charge in [0.25, 0.3) is 0 Å². The number of nitrogens with zero attached hydrogens (tertiary/aromatic N) is 1. The van der Waals surface area contributed by atoms with E-state index in [1.165, 1.54) is 30.4 Å². The van der Waals surface area contributed by atoms with Gasteiger partial charge in [-0.15, -0.1) is 0 Å². The highest BCUT2D eigenvalue weighted by molar-refractivity contribution is 5.80. The van der Waals surface area contributed by atoms with Gasteiger partial charge in [-0.25, -0.2) is 0 Å². The van der Waals surface area contributed by atoms with E-state index in [1.54, 1.807) is 0 Å². The third-order valence-corrected chi connectivity index (χ3v) is 3.84. The summed E-state index contributed by atoms with van der Waals surface area (Å²) in [7, 11) is 1.84. The van der Waals surface area contributed by atoms with Gasteiger partial charge < -0.3 is 10.6 Å². The lowest BCUT2D eigenvalue weighted by Gasteiger charge is -2.13. The van der Waals surface area contributed by atoms with E-state index < -0.39 is 0 Å². The minimum absolute atomic E-state index is 0.628. The molecular formula is C16H25N3. The number of hydrogen-bond acceptors (Lipinski definition) is 1. The van der Waals surface area contributed by atoms with Crippen LogP contribution < -0.4 is 10.6 Å². The van der Waals surface area contributed by atoms with Crippen molar-refractivity contribution in [1.29, 1.82) is 0 Å². The summed E-state index contributed by atoms with van der Waals surface area (Å²) in [4.78, 5) is 4.30. The largest absolute Gasteiger partial charge is 0.353 e. The van der Waals surface area contributed by atoms with Crippen LogP contribution in [0.25, 0.3) is 0 Å². The molecule has 0 aromatic heterocycles. The van der Waals surface area contributed by atoms with E-state index in [9.17, 15) is 0 Å². The number of aryl methyl sites for hydroxylation is 1. The van der Waals surface area contributed by atoms with Crippen molar-refractivity contribution in [3.05, 3.63) is 35.4 Å². The monoisotopic (exact) mass is 259 g/mol. The van der Waals surface area contributed by atoms with Crippen molar-refractivity contribution in [1.82, 2.24) is 10.6 Å². The zero-order chi connectivity index (χ0) is 13.7. The highest BCUT2D eigenvalue weighted by atomic mass is 15.2. The van der Waals surface area contributed by atoms with E-state index >= 15 is 0 Å². The quantitative estimate of drug-likeness (QED) is 0.630. The van der Waals surface area contributed by atoms with Crippen molar-refractivity contribution in [2.45, 2.75) is 45.7 Å². The Kier molecular flexibility index (Phi) is 4.83. The van der Waals surface area contributed by atoms with Crippen LogP contribution in [0.3, 0.4) is 0 Å². The molecule has 3 heteroatoms. The van der Waals surface area contributed by atoms with Gasteiger partial charge in [-0.2, -0.15) is 0 Å². The smallest absolute Gasteiger partial charge is 0.191 e. The van der Waals surface area contributed by atoms with Crippen molar-refractivity contribution >= 4 is 5.96 Å². The molecule has 0 aliphatic heterocycles. The molecule has 0 amide bonds. The Morgan fingerprint density at radius 3 is 2.84 bits per heavy atom. The molecule has 1 saturated carbocycles. The number of aliphatic imine (C=N–C) groups is 1. The van der Waals surface area contributed by atoms with Crippen molar-refractivity contribution in [2.24, 2.45) is 10.9 Å². The van der Waals surface area contributed by atoms with Crippen molar-refractivity contribution < 1.29 is 0 Å². The van der Waals surface area contributed by atoms with Crippen LogP contribution in [0.2, 0.25) is 0 Å². The normalized spacial score (nSPS) is 22.2. The molecule has 2 rings (SSSR count). The van der Waals surface area contributed by atoms with Crippen LogP contribution in [-0.4, -0.2) is 19.0 Å². The number of guanidine groups is 1. The summed E-state index contributed by atoms with van der Waals surface area (Å²) >= 11 is 0. The maximum atomic E-state index is 4.30. The molecule has 1 fully saturated rings. The molecule has 0 heterocycles. The minimum Gasteiger partial charge on any atom is -0.353 e. The Hall–Kier alpha value is -1.51. The van der Waals surface area contributed by atoms with E-state index in [0.717, 1.165) is 18.4 Å². The average Bonchev–Trinajstić information content (AvgIpc) is 3.14. The molecule has 0 spiro atoms. The maximum Gasteiger partial charge on any atom is 0.191 e. The summed E-state index contributed by atoms with van der Waals surface area (Å²) < 4.78 is 0. The molecule has 1 aromatic rings. The van der Waals surface area contributed by atoms with E-state index in [-0.39, 0.29) is 0 Å². The van der Waals surface area contributed by atoms with Crippen LogP contribution in [0, 0.1) is 12.8 Å². The maximum absolute atomic E-state index is 4.30. The number of benzene rings is 1. The van der Waals surface area contributed by atoms with Crippen molar-refractivity contribution in [3.8, 4) is 0 Å². The van der Waals surface area contributed by atoms with Crippen LogP contribution in [0.1, 0.15) is 37.3 Å². The molecule has 3 nitrogen and oxygen atoms in total. The SMILES string of the molecule is CCCC1CC1NC(=NC)NCc1ccccc1C. The summed E-state index contributed by atoms with van der Waals surface area (Å²) in [5, 5.41) is 6.90. The zero-order valence-electron chi connectivity index (χ0n) is 12.2. The first-order chi connectivity index (χ1) is 9.24. The van der Waals surface area contributed by atoms with Gasteiger partial charge in [-0.1, -0.05) is 37.6 Å². The topological polar surface area (TPSA) is 36.4 Å². The van der Waals surface area contributed by atoms with E-state index in [4.69, 9.17) is 0 Å². The highest BCUT2D eigenvalue weighted by Gasteiger charge is 2.36. The zero-order valence-corrected chi connectivity index (χ0v) is 12.2. The van der Waals surface area contributed by atoms with Crippen LogP contribution in [0.5, 0.6) is 0 Å². The van der Waals surface area contributed by atoms with E-state index in [1.807, 2.05) is 7.05 Å². The van der Waals surface area contributed by atoms with Gasteiger partial charge in [0, 0.05) is 19.6 Å². The number of hydrogen-bond donors (Lipinski definition) is 2. The molecule has 1 aliphatic carbocycles. The Balaban J connectivity index is 1.79. The molecule has 1 aromatic carbocycles. The van der Waals surface area contributed by atoms with E-state index in [0.29, 0.717) is 6.04 Å². The van der Waals surface area contributed by atoms with Gasteiger partial charge in [0.05, 0.1) is 0 Å².